The van der Waals surface area contributed by atoms with Crippen molar-refractivity contribution in [2.24, 2.45) is 18.9 Å². The van der Waals surface area contributed by atoms with Crippen molar-refractivity contribution in [3.8, 4) is 0 Å². The number of anilines is 1. The van der Waals surface area contributed by atoms with Gasteiger partial charge in [-0.1, -0.05) is 0 Å². The molecule has 3 atom stereocenters. The van der Waals surface area contributed by atoms with Crippen molar-refractivity contribution in [3.63, 3.8) is 0 Å². The highest BCUT2D eigenvalue weighted by Crippen LogP contribution is 2.35. The standard InChI is InChI=1S/C18H24N6O2/c1-22-11-21-15-16(22)19-10-20-17(15)23-6-12-8-24(9-13(12)7-23)18(25)14-4-2-3-5-26-14/h10-14H,2-9H2,1H3. The number of fused-ring (bicyclic) bond motifs is 2. The molecule has 3 unspecified atom stereocenters. The Kier molecular flexibility index (Phi) is 3.81. The lowest BCUT2D eigenvalue weighted by Gasteiger charge is -2.28. The molecule has 8 nitrogen and oxygen atoms in total. The molecule has 0 aliphatic carbocycles. The normalized spacial score (nSPS) is 28.7. The summed E-state index contributed by atoms with van der Waals surface area (Å²) in [5.74, 6) is 2.10. The maximum atomic E-state index is 12.7. The molecule has 5 heterocycles. The van der Waals surface area contributed by atoms with Gasteiger partial charge in [-0.25, -0.2) is 15.0 Å². The Hall–Kier alpha value is -2.22. The molecule has 0 bridgehead atoms. The fourth-order valence-corrected chi connectivity index (χ4v) is 4.65. The molecule has 1 amide bonds. The molecule has 26 heavy (non-hydrogen) atoms. The van der Waals surface area contributed by atoms with Gasteiger partial charge in [0.05, 0.1) is 6.33 Å². The van der Waals surface area contributed by atoms with Crippen LogP contribution in [0.5, 0.6) is 0 Å². The summed E-state index contributed by atoms with van der Waals surface area (Å²) in [7, 11) is 1.95. The average molecular weight is 356 g/mol. The second kappa shape index (κ2) is 6.19. The van der Waals surface area contributed by atoms with Crippen LogP contribution in [0.15, 0.2) is 12.7 Å². The maximum Gasteiger partial charge on any atom is 0.251 e. The van der Waals surface area contributed by atoms with E-state index in [0.29, 0.717) is 11.8 Å². The Balaban J connectivity index is 1.29. The summed E-state index contributed by atoms with van der Waals surface area (Å²) >= 11 is 0. The first-order valence-electron chi connectivity index (χ1n) is 9.48. The van der Waals surface area contributed by atoms with Crippen molar-refractivity contribution < 1.29 is 9.53 Å². The number of carbonyl (C=O) groups is 1. The highest BCUT2D eigenvalue weighted by Gasteiger charge is 2.43. The molecular weight excluding hydrogens is 332 g/mol. The van der Waals surface area contributed by atoms with E-state index in [1.807, 2.05) is 16.5 Å². The van der Waals surface area contributed by atoms with Crippen LogP contribution < -0.4 is 4.90 Å². The number of aryl methyl sites for hydroxylation is 1. The van der Waals surface area contributed by atoms with Crippen molar-refractivity contribution in [2.75, 3.05) is 37.7 Å². The molecule has 3 aliphatic rings. The monoisotopic (exact) mass is 356 g/mol. The number of aromatic nitrogens is 4. The molecule has 8 heteroatoms. The molecule has 5 rings (SSSR count). The van der Waals surface area contributed by atoms with Gasteiger partial charge in [0.25, 0.3) is 5.91 Å². The number of carbonyl (C=O) groups excluding carboxylic acids is 1. The van der Waals surface area contributed by atoms with E-state index in [2.05, 4.69) is 19.9 Å². The number of rotatable bonds is 2. The van der Waals surface area contributed by atoms with Gasteiger partial charge in [-0.2, -0.15) is 0 Å². The van der Waals surface area contributed by atoms with Crippen LogP contribution in [0.25, 0.3) is 11.2 Å². The Morgan fingerprint density at radius 2 is 1.92 bits per heavy atom. The second-order valence-electron chi connectivity index (χ2n) is 7.75. The van der Waals surface area contributed by atoms with E-state index in [-0.39, 0.29) is 12.0 Å². The van der Waals surface area contributed by atoms with E-state index in [1.54, 1.807) is 12.7 Å². The van der Waals surface area contributed by atoms with Crippen molar-refractivity contribution in [1.29, 1.82) is 0 Å². The zero-order chi connectivity index (χ0) is 17.7. The lowest BCUT2D eigenvalue weighted by Crippen LogP contribution is -2.42. The zero-order valence-corrected chi connectivity index (χ0v) is 15.0. The smallest absolute Gasteiger partial charge is 0.251 e. The topological polar surface area (TPSA) is 76.4 Å². The Bertz CT molecular complexity index is 816. The van der Waals surface area contributed by atoms with Crippen LogP contribution in [0, 0.1) is 11.8 Å². The first-order chi connectivity index (χ1) is 12.7. The molecular formula is C18H24N6O2. The largest absolute Gasteiger partial charge is 0.368 e. The van der Waals surface area contributed by atoms with Gasteiger partial charge in [-0.15, -0.1) is 0 Å². The molecule has 3 fully saturated rings. The van der Waals surface area contributed by atoms with Crippen molar-refractivity contribution in [1.82, 2.24) is 24.4 Å². The highest BCUT2D eigenvalue weighted by molar-refractivity contribution is 5.84. The van der Waals surface area contributed by atoms with Gasteiger partial charge >= 0.3 is 0 Å². The van der Waals surface area contributed by atoms with Crippen LogP contribution in [0.3, 0.4) is 0 Å². The number of likely N-dealkylation sites (tertiary alicyclic amines) is 1. The van der Waals surface area contributed by atoms with Crippen LogP contribution in [0.4, 0.5) is 5.82 Å². The fourth-order valence-electron chi connectivity index (χ4n) is 4.65. The third-order valence-corrected chi connectivity index (χ3v) is 6.03. The van der Waals surface area contributed by atoms with Gasteiger partial charge in [0.15, 0.2) is 17.0 Å². The fraction of sp³-hybridized carbons (Fsp3) is 0.667. The number of hydrogen-bond donors (Lipinski definition) is 0. The molecule has 3 aliphatic heterocycles. The van der Waals surface area contributed by atoms with E-state index in [9.17, 15) is 4.79 Å². The van der Waals surface area contributed by atoms with Crippen LogP contribution in [-0.4, -0.2) is 69.2 Å². The number of amides is 1. The number of ether oxygens (including phenoxy) is 1. The molecule has 0 spiro atoms. The number of nitrogens with zero attached hydrogens (tertiary/aromatic N) is 6. The molecule has 3 saturated heterocycles. The maximum absolute atomic E-state index is 12.7. The minimum Gasteiger partial charge on any atom is -0.368 e. The second-order valence-corrected chi connectivity index (χ2v) is 7.75. The summed E-state index contributed by atoms with van der Waals surface area (Å²) in [6.45, 7) is 4.22. The highest BCUT2D eigenvalue weighted by atomic mass is 16.5. The van der Waals surface area contributed by atoms with E-state index >= 15 is 0 Å². The molecule has 0 radical (unpaired) electrons. The molecule has 138 valence electrons. The van der Waals surface area contributed by atoms with E-state index in [4.69, 9.17) is 4.74 Å². The van der Waals surface area contributed by atoms with Crippen molar-refractivity contribution in [2.45, 2.75) is 25.4 Å². The molecule has 0 N–H and O–H groups in total. The Labute approximate surface area is 152 Å². The quantitative estimate of drug-likeness (QED) is 0.793. The predicted octanol–water partition coefficient (Wildman–Crippen LogP) is 0.827. The minimum atomic E-state index is -0.214. The van der Waals surface area contributed by atoms with E-state index in [1.165, 1.54) is 0 Å². The van der Waals surface area contributed by atoms with Crippen LogP contribution in [0.1, 0.15) is 19.3 Å². The van der Waals surface area contributed by atoms with Crippen LogP contribution in [0.2, 0.25) is 0 Å². The lowest BCUT2D eigenvalue weighted by molar-refractivity contribution is -0.145. The molecule has 0 aromatic carbocycles. The van der Waals surface area contributed by atoms with Gasteiger partial charge in [-0.05, 0) is 19.3 Å². The molecule has 2 aromatic heterocycles. The number of imidazole rings is 1. The summed E-state index contributed by atoms with van der Waals surface area (Å²) in [5.41, 5.74) is 1.72. The van der Waals surface area contributed by atoms with Gasteiger partial charge in [-0.3, -0.25) is 4.79 Å². The molecule has 2 aromatic rings. The van der Waals surface area contributed by atoms with Crippen LogP contribution in [-0.2, 0) is 16.6 Å². The summed E-state index contributed by atoms with van der Waals surface area (Å²) in [6, 6.07) is 0. The first kappa shape index (κ1) is 16.0. The zero-order valence-electron chi connectivity index (χ0n) is 15.0. The summed E-state index contributed by atoms with van der Waals surface area (Å²) in [5, 5.41) is 0. The van der Waals surface area contributed by atoms with E-state index in [0.717, 1.165) is 69.0 Å². The summed E-state index contributed by atoms with van der Waals surface area (Å²) < 4.78 is 7.60. The SMILES string of the molecule is Cn1cnc2c(N3CC4CN(C(=O)C5CCCCO5)CC4C3)ncnc21. The van der Waals surface area contributed by atoms with Gasteiger partial charge in [0.2, 0.25) is 0 Å². The van der Waals surface area contributed by atoms with Gasteiger partial charge < -0.3 is 19.1 Å². The third kappa shape index (κ3) is 2.55. The first-order valence-corrected chi connectivity index (χ1v) is 9.48. The minimum absolute atomic E-state index is 0.194. The lowest BCUT2D eigenvalue weighted by atomic mass is 10.0. The van der Waals surface area contributed by atoms with Gasteiger partial charge in [0, 0.05) is 51.7 Å². The predicted molar refractivity (Wildman–Crippen MR) is 95.7 cm³/mol. The number of hydrogen-bond acceptors (Lipinski definition) is 6. The third-order valence-electron chi connectivity index (χ3n) is 6.03. The Morgan fingerprint density at radius 1 is 1.12 bits per heavy atom. The van der Waals surface area contributed by atoms with Crippen LogP contribution >= 0.6 is 0 Å². The van der Waals surface area contributed by atoms with Crippen molar-refractivity contribution in [3.05, 3.63) is 12.7 Å². The summed E-state index contributed by atoms with van der Waals surface area (Å²) in [4.78, 5) is 30.4. The van der Waals surface area contributed by atoms with E-state index < -0.39 is 0 Å². The Morgan fingerprint density at radius 3 is 2.65 bits per heavy atom. The average Bonchev–Trinajstić information content (AvgIpc) is 3.35. The van der Waals surface area contributed by atoms with Crippen molar-refractivity contribution >= 4 is 22.9 Å². The summed E-state index contributed by atoms with van der Waals surface area (Å²) in [6.07, 6.45) is 6.22. The van der Waals surface area contributed by atoms with Gasteiger partial charge in [0.1, 0.15) is 12.4 Å². The molecule has 0 saturated carbocycles.